The molecule has 5 heteroatoms. The van der Waals surface area contributed by atoms with Gasteiger partial charge < -0.3 is 5.32 Å². The molecule has 112 valence electrons. The molecule has 0 heterocycles. The summed E-state index contributed by atoms with van der Waals surface area (Å²) in [5.74, 6) is -1.98. The second-order valence-electron chi connectivity index (χ2n) is 4.69. The minimum Gasteiger partial charge on any atom is -0.310 e. The normalized spacial score (nSPS) is 12.4. The Morgan fingerprint density at radius 3 is 2.57 bits per heavy atom. The number of hydrogen-bond acceptors (Lipinski definition) is 1. The van der Waals surface area contributed by atoms with Crippen LogP contribution in [-0.4, -0.2) is 6.54 Å². The van der Waals surface area contributed by atoms with Gasteiger partial charge in [0.15, 0.2) is 11.6 Å². The van der Waals surface area contributed by atoms with Crippen molar-refractivity contribution >= 4 is 22.6 Å². The zero-order chi connectivity index (χ0) is 15.4. The minimum atomic E-state index is -0.850. The van der Waals surface area contributed by atoms with Gasteiger partial charge in [-0.3, -0.25) is 0 Å². The fraction of sp³-hybridized carbons (Fsp3) is 0.250. The first-order chi connectivity index (χ1) is 10.0. The van der Waals surface area contributed by atoms with Gasteiger partial charge in [0.25, 0.3) is 0 Å². The maximum Gasteiger partial charge on any atom is 0.162 e. The van der Waals surface area contributed by atoms with Crippen LogP contribution in [0.15, 0.2) is 36.4 Å². The Morgan fingerprint density at radius 2 is 1.90 bits per heavy atom. The molecule has 0 aliphatic carbocycles. The van der Waals surface area contributed by atoms with Gasteiger partial charge in [-0.05, 0) is 64.9 Å². The van der Waals surface area contributed by atoms with Crippen LogP contribution in [0.5, 0.6) is 0 Å². The number of halogens is 4. The molecule has 0 aliphatic heterocycles. The molecule has 0 saturated carbocycles. The van der Waals surface area contributed by atoms with Crippen LogP contribution in [0.3, 0.4) is 0 Å². The van der Waals surface area contributed by atoms with Crippen molar-refractivity contribution in [1.29, 1.82) is 0 Å². The van der Waals surface area contributed by atoms with E-state index in [9.17, 15) is 13.2 Å². The number of nitrogens with one attached hydrogen (secondary N) is 1. The lowest BCUT2D eigenvalue weighted by Crippen LogP contribution is -2.24. The zero-order valence-corrected chi connectivity index (χ0v) is 13.6. The van der Waals surface area contributed by atoms with Gasteiger partial charge >= 0.3 is 0 Å². The predicted molar refractivity (Wildman–Crippen MR) is 85.6 cm³/mol. The van der Waals surface area contributed by atoms with Crippen molar-refractivity contribution in [2.24, 2.45) is 0 Å². The predicted octanol–water partition coefficient (Wildman–Crippen LogP) is 4.60. The lowest BCUT2D eigenvalue weighted by molar-refractivity contribution is 0.480. The van der Waals surface area contributed by atoms with Gasteiger partial charge in [0.2, 0.25) is 0 Å². The molecule has 0 saturated heterocycles. The van der Waals surface area contributed by atoms with Crippen LogP contribution >= 0.6 is 22.6 Å². The second-order valence-corrected chi connectivity index (χ2v) is 5.86. The highest BCUT2D eigenvalue weighted by Crippen LogP contribution is 2.25. The molecule has 0 bridgehead atoms. The molecule has 2 aromatic carbocycles. The summed E-state index contributed by atoms with van der Waals surface area (Å²) >= 11 is 2.05. The van der Waals surface area contributed by atoms with Gasteiger partial charge in [0, 0.05) is 9.61 Å². The van der Waals surface area contributed by atoms with Gasteiger partial charge in [-0.25, -0.2) is 13.2 Å². The molecule has 0 amide bonds. The minimum absolute atomic E-state index is 0.196. The summed E-state index contributed by atoms with van der Waals surface area (Å²) in [5, 5.41) is 3.24. The molecule has 0 aliphatic rings. The van der Waals surface area contributed by atoms with Crippen molar-refractivity contribution < 1.29 is 13.2 Å². The Labute approximate surface area is 135 Å². The monoisotopic (exact) mass is 405 g/mol. The number of rotatable bonds is 5. The highest BCUT2D eigenvalue weighted by Gasteiger charge is 2.18. The first-order valence-corrected chi connectivity index (χ1v) is 7.72. The third-order valence-corrected chi connectivity index (χ3v) is 4.18. The Hall–Kier alpha value is -1.08. The largest absolute Gasteiger partial charge is 0.310 e. The van der Waals surface area contributed by atoms with Crippen LogP contribution < -0.4 is 5.32 Å². The van der Waals surface area contributed by atoms with Crippen LogP contribution in [0.25, 0.3) is 0 Å². The third kappa shape index (κ3) is 3.97. The average molecular weight is 405 g/mol. The van der Waals surface area contributed by atoms with Gasteiger partial charge in [-0.1, -0.05) is 25.1 Å². The van der Waals surface area contributed by atoms with Crippen LogP contribution in [0, 0.1) is 21.0 Å². The molecule has 0 radical (unpaired) electrons. The maximum absolute atomic E-state index is 13.8. The highest BCUT2D eigenvalue weighted by atomic mass is 127. The molecular formula is C16H15F3IN. The summed E-state index contributed by atoms with van der Waals surface area (Å²) in [6.45, 7) is 2.61. The first kappa shape index (κ1) is 16.3. The van der Waals surface area contributed by atoms with E-state index in [1.807, 2.05) is 6.92 Å². The molecule has 2 aromatic rings. The summed E-state index contributed by atoms with van der Waals surface area (Å²) in [7, 11) is 0. The molecular weight excluding hydrogens is 390 g/mol. The van der Waals surface area contributed by atoms with Crippen LogP contribution in [0.4, 0.5) is 13.2 Å². The fourth-order valence-corrected chi connectivity index (χ4v) is 3.10. The Balaban J connectivity index is 2.33. The first-order valence-electron chi connectivity index (χ1n) is 6.64. The molecule has 0 aromatic heterocycles. The van der Waals surface area contributed by atoms with Crippen molar-refractivity contribution in [2.75, 3.05) is 6.54 Å². The zero-order valence-electron chi connectivity index (χ0n) is 11.5. The van der Waals surface area contributed by atoms with Crippen molar-refractivity contribution in [3.8, 4) is 0 Å². The second kappa shape index (κ2) is 7.26. The molecule has 1 unspecified atom stereocenters. The van der Waals surface area contributed by atoms with Gasteiger partial charge in [-0.2, -0.15) is 0 Å². The van der Waals surface area contributed by atoms with Gasteiger partial charge in [0.1, 0.15) is 5.82 Å². The van der Waals surface area contributed by atoms with E-state index in [-0.39, 0.29) is 11.9 Å². The summed E-state index contributed by atoms with van der Waals surface area (Å²) in [6.07, 6.45) is 0.305. The SMILES string of the molecule is CCNC(Cc1cccc(F)c1F)c1ccc(F)cc1I. The molecule has 1 atom stereocenters. The highest BCUT2D eigenvalue weighted by molar-refractivity contribution is 14.1. The molecule has 0 spiro atoms. The number of likely N-dealkylation sites (N-methyl/N-ethyl adjacent to an activating group) is 1. The van der Waals surface area contributed by atoms with Crippen molar-refractivity contribution in [2.45, 2.75) is 19.4 Å². The van der Waals surface area contributed by atoms with E-state index < -0.39 is 11.6 Å². The van der Waals surface area contributed by atoms with E-state index in [1.165, 1.54) is 18.2 Å². The summed E-state index contributed by atoms with van der Waals surface area (Å²) in [6, 6.07) is 8.46. The van der Waals surface area contributed by atoms with Gasteiger partial charge in [0.05, 0.1) is 0 Å². The fourth-order valence-electron chi connectivity index (χ4n) is 2.25. The Kier molecular flexibility index (Phi) is 5.64. The average Bonchev–Trinajstić information content (AvgIpc) is 2.43. The molecule has 0 fully saturated rings. The lowest BCUT2D eigenvalue weighted by Gasteiger charge is -2.20. The third-order valence-electron chi connectivity index (χ3n) is 3.24. The van der Waals surface area contributed by atoms with E-state index in [2.05, 4.69) is 27.9 Å². The molecule has 2 rings (SSSR count). The van der Waals surface area contributed by atoms with Gasteiger partial charge in [-0.15, -0.1) is 0 Å². The summed E-state index contributed by atoms with van der Waals surface area (Å²) in [4.78, 5) is 0. The quantitative estimate of drug-likeness (QED) is 0.718. The van der Waals surface area contributed by atoms with E-state index in [1.54, 1.807) is 12.1 Å². The molecule has 21 heavy (non-hydrogen) atoms. The molecule has 1 N–H and O–H groups in total. The van der Waals surface area contributed by atoms with Crippen LogP contribution in [0.1, 0.15) is 24.1 Å². The summed E-state index contributed by atoms with van der Waals surface area (Å²) < 4.78 is 41.1. The van der Waals surface area contributed by atoms with Crippen LogP contribution in [-0.2, 0) is 6.42 Å². The van der Waals surface area contributed by atoms with Crippen molar-refractivity contribution in [1.82, 2.24) is 5.32 Å². The van der Waals surface area contributed by atoms with E-state index in [0.29, 0.717) is 18.5 Å². The van der Waals surface area contributed by atoms with E-state index in [4.69, 9.17) is 0 Å². The van der Waals surface area contributed by atoms with E-state index in [0.717, 1.165) is 15.2 Å². The van der Waals surface area contributed by atoms with Crippen molar-refractivity contribution in [3.63, 3.8) is 0 Å². The smallest absolute Gasteiger partial charge is 0.162 e. The van der Waals surface area contributed by atoms with E-state index >= 15 is 0 Å². The molecule has 1 nitrogen and oxygen atoms in total. The number of benzene rings is 2. The Morgan fingerprint density at radius 1 is 1.14 bits per heavy atom. The number of hydrogen-bond donors (Lipinski definition) is 1. The Bertz CT molecular complexity index is 631. The lowest BCUT2D eigenvalue weighted by atomic mass is 9.98. The van der Waals surface area contributed by atoms with Crippen LogP contribution in [0.2, 0.25) is 0 Å². The topological polar surface area (TPSA) is 12.0 Å². The summed E-state index contributed by atoms with van der Waals surface area (Å²) in [5.41, 5.74) is 1.18. The maximum atomic E-state index is 13.8. The standard InChI is InChI=1S/C16H15F3IN/c1-2-21-15(12-7-6-11(17)9-14(12)20)8-10-4-3-5-13(18)16(10)19/h3-7,9,15,21H,2,8H2,1H3. The van der Waals surface area contributed by atoms with Crippen molar-refractivity contribution in [3.05, 3.63) is 68.5 Å².